The summed E-state index contributed by atoms with van der Waals surface area (Å²) in [6, 6.07) is 6.31. The first kappa shape index (κ1) is 13.1. The van der Waals surface area contributed by atoms with E-state index < -0.39 is 0 Å². The van der Waals surface area contributed by atoms with Crippen LogP contribution in [0.2, 0.25) is 0 Å². The lowest BCUT2D eigenvalue weighted by molar-refractivity contribution is -0.130. The van der Waals surface area contributed by atoms with Crippen molar-refractivity contribution in [2.24, 2.45) is 5.92 Å². The van der Waals surface area contributed by atoms with Gasteiger partial charge >= 0.3 is 0 Å². The third-order valence-corrected chi connectivity index (χ3v) is 3.27. The zero-order chi connectivity index (χ0) is 13.0. The standard InChI is InChI=1S/C15H20FNO/c1-2-8-17(11-12-6-7-12)15(18)10-13-4-3-5-14(16)9-13/h3-5,9,12H,2,6-8,10-11H2,1H3. The van der Waals surface area contributed by atoms with E-state index in [0.29, 0.717) is 12.3 Å². The van der Waals surface area contributed by atoms with E-state index in [0.717, 1.165) is 25.1 Å². The maximum absolute atomic E-state index is 13.1. The van der Waals surface area contributed by atoms with Crippen LogP contribution in [-0.4, -0.2) is 23.9 Å². The quantitative estimate of drug-likeness (QED) is 0.759. The van der Waals surface area contributed by atoms with Crippen LogP contribution in [0.1, 0.15) is 31.7 Å². The molecule has 2 nitrogen and oxygen atoms in total. The Morgan fingerprint density at radius 3 is 2.83 bits per heavy atom. The van der Waals surface area contributed by atoms with E-state index in [1.807, 2.05) is 11.0 Å². The summed E-state index contributed by atoms with van der Waals surface area (Å²) >= 11 is 0. The summed E-state index contributed by atoms with van der Waals surface area (Å²) in [4.78, 5) is 14.1. The number of rotatable bonds is 6. The molecule has 1 aromatic rings. The van der Waals surface area contributed by atoms with Gasteiger partial charge in [0, 0.05) is 13.1 Å². The lowest BCUT2D eigenvalue weighted by atomic mass is 10.1. The van der Waals surface area contributed by atoms with Crippen molar-refractivity contribution in [3.05, 3.63) is 35.6 Å². The number of carbonyl (C=O) groups is 1. The molecule has 1 fully saturated rings. The summed E-state index contributed by atoms with van der Waals surface area (Å²) in [6.07, 6.45) is 3.77. The lowest BCUT2D eigenvalue weighted by Crippen LogP contribution is -2.34. The first-order valence-electron chi connectivity index (χ1n) is 6.71. The Kier molecular flexibility index (Phi) is 4.34. The maximum atomic E-state index is 13.1. The molecule has 0 aromatic heterocycles. The van der Waals surface area contributed by atoms with Crippen molar-refractivity contribution < 1.29 is 9.18 Å². The van der Waals surface area contributed by atoms with Gasteiger partial charge < -0.3 is 4.90 Å². The fraction of sp³-hybridized carbons (Fsp3) is 0.533. The average molecular weight is 249 g/mol. The van der Waals surface area contributed by atoms with Gasteiger partial charge in [0.15, 0.2) is 0 Å². The number of nitrogens with zero attached hydrogens (tertiary/aromatic N) is 1. The second-order valence-corrected chi connectivity index (χ2v) is 5.09. The van der Waals surface area contributed by atoms with Crippen molar-refractivity contribution >= 4 is 5.91 Å². The van der Waals surface area contributed by atoms with Crippen molar-refractivity contribution in [2.75, 3.05) is 13.1 Å². The van der Waals surface area contributed by atoms with Gasteiger partial charge in [0.1, 0.15) is 5.82 Å². The van der Waals surface area contributed by atoms with Crippen LogP contribution in [0, 0.1) is 11.7 Å². The van der Waals surface area contributed by atoms with Crippen LogP contribution in [0.15, 0.2) is 24.3 Å². The van der Waals surface area contributed by atoms with Gasteiger partial charge in [-0.2, -0.15) is 0 Å². The summed E-state index contributed by atoms with van der Waals surface area (Å²) in [5.74, 6) is 0.548. The van der Waals surface area contributed by atoms with E-state index >= 15 is 0 Å². The smallest absolute Gasteiger partial charge is 0.227 e. The molecule has 1 amide bonds. The Bertz CT molecular complexity index is 415. The second-order valence-electron chi connectivity index (χ2n) is 5.09. The molecule has 0 atom stereocenters. The molecule has 1 saturated carbocycles. The van der Waals surface area contributed by atoms with Crippen LogP contribution in [0.4, 0.5) is 4.39 Å². The number of carbonyl (C=O) groups excluding carboxylic acids is 1. The summed E-state index contributed by atoms with van der Waals surface area (Å²) in [6.45, 7) is 3.77. The molecule has 0 saturated heterocycles. The van der Waals surface area contributed by atoms with Crippen LogP contribution >= 0.6 is 0 Å². The molecule has 98 valence electrons. The Morgan fingerprint density at radius 1 is 1.44 bits per heavy atom. The Labute approximate surface area is 108 Å². The van der Waals surface area contributed by atoms with Crippen LogP contribution in [0.5, 0.6) is 0 Å². The van der Waals surface area contributed by atoms with Gasteiger partial charge in [-0.15, -0.1) is 0 Å². The second kappa shape index (κ2) is 5.98. The van der Waals surface area contributed by atoms with Gasteiger partial charge in [-0.3, -0.25) is 4.79 Å². The van der Waals surface area contributed by atoms with Gasteiger partial charge in [0.2, 0.25) is 5.91 Å². The predicted octanol–water partition coefficient (Wildman–Crippen LogP) is 3.02. The normalized spacial score (nSPS) is 14.6. The van der Waals surface area contributed by atoms with Crippen LogP contribution < -0.4 is 0 Å². The maximum Gasteiger partial charge on any atom is 0.227 e. The van der Waals surface area contributed by atoms with Crippen LogP contribution in [0.3, 0.4) is 0 Å². The molecule has 2 rings (SSSR count). The first-order valence-corrected chi connectivity index (χ1v) is 6.71. The molecule has 1 aliphatic rings. The fourth-order valence-corrected chi connectivity index (χ4v) is 2.13. The highest BCUT2D eigenvalue weighted by Crippen LogP contribution is 2.29. The monoisotopic (exact) mass is 249 g/mol. The third-order valence-electron chi connectivity index (χ3n) is 3.27. The van der Waals surface area contributed by atoms with Crippen LogP contribution in [-0.2, 0) is 11.2 Å². The van der Waals surface area contributed by atoms with Gasteiger partial charge in [-0.1, -0.05) is 19.1 Å². The van der Waals surface area contributed by atoms with Crippen LogP contribution in [0.25, 0.3) is 0 Å². The molecular formula is C15H20FNO. The van der Waals surface area contributed by atoms with E-state index in [1.165, 1.54) is 25.0 Å². The topological polar surface area (TPSA) is 20.3 Å². The molecule has 0 heterocycles. The molecule has 0 bridgehead atoms. The molecule has 1 aliphatic carbocycles. The number of halogens is 1. The molecule has 0 unspecified atom stereocenters. The van der Waals surface area contributed by atoms with E-state index in [-0.39, 0.29) is 11.7 Å². The minimum absolute atomic E-state index is 0.120. The van der Waals surface area contributed by atoms with Crippen molar-refractivity contribution in [2.45, 2.75) is 32.6 Å². The minimum atomic E-state index is -0.274. The summed E-state index contributed by atoms with van der Waals surface area (Å²) in [5, 5.41) is 0. The van der Waals surface area contributed by atoms with E-state index in [4.69, 9.17) is 0 Å². The molecule has 0 spiro atoms. The van der Waals surface area contributed by atoms with E-state index in [2.05, 4.69) is 6.92 Å². The minimum Gasteiger partial charge on any atom is -0.342 e. The molecule has 18 heavy (non-hydrogen) atoms. The van der Waals surface area contributed by atoms with Gasteiger partial charge in [0.25, 0.3) is 0 Å². The number of benzene rings is 1. The Hall–Kier alpha value is -1.38. The average Bonchev–Trinajstić information content (AvgIpc) is 3.12. The van der Waals surface area contributed by atoms with Crippen molar-refractivity contribution in [1.29, 1.82) is 0 Å². The molecule has 3 heteroatoms. The Balaban J connectivity index is 1.94. The highest BCUT2D eigenvalue weighted by atomic mass is 19.1. The predicted molar refractivity (Wildman–Crippen MR) is 69.7 cm³/mol. The molecule has 0 aliphatic heterocycles. The Morgan fingerprint density at radius 2 is 2.22 bits per heavy atom. The zero-order valence-corrected chi connectivity index (χ0v) is 10.9. The highest BCUT2D eigenvalue weighted by Gasteiger charge is 2.26. The molecule has 0 N–H and O–H groups in total. The highest BCUT2D eigenvalue weighted by molar-refractivity contribution is 5.78. The molecular weight excluding hydrogens is 229 g/mol. The molecule has 1 aromatic carbocycles. The van der Waals surface area contributed by atoms with E-state index in [1.54, 1.807) is 6.07 Å². The number of hydrogen-bond donors (Lipinski definition) is 0. The van der Waals surface area contributed by atoms with Gasteiger partial charge in [0.05, 0.1) is 6.42 Å². The summed E-state index contributed by atoms with van der Waals surface area (Å²) < 4.78 is 13.1. The van der Waals surface area contributed by atoms with E-state index in [9.17, 15) is 9.18 Å². The number of amides is 1. The third kappa shape index (κ3) is 3.83. The van der Waals surface area contributed by atoms with Crippen molar-refractivity contribution in [3.63, 3.8) is 0 Å². The van der Waals surface area contributed by atoms with Crippen molar-refractivity contribution in [3.8, 4) is 0 Å². The summed E-state index contributed by atoms with van der Waals surface area (Å²) in [5.41, 5.74) is 0.761. The van der Waals surface area contributed by atoms with Gasteiger partial charge in [-0.05, 0) is 42.9 Å². The number of hydrogen-bond acceptors (Lipinski definition) is 1. The fourth-order valence-electron chi connectivity index (χ4n) is 2.13. The SMILES string of the molecule is CCCN(CC1CC1)C(=O)Cc1cccc(F)c1. The lowest BCUT2D eigenvalue weighted by Gasteiger charge is -2.22. The first-order chi connectivity index (χ1) is 8.69. The zero-order valence-electron chi connectivity index (χ0n) is 10.9. The summed E-state index contributed by atoms with van der Waals surface area (Å²) in [7, 11) is 0. The van der Waals surface area contributed by atoms with Gasteiger partial charge in [-0.25, -0.2) is 4.39 Å². The largest absolute Gasteiger partial charge is 0.342 e. The molecule has 0 radical (unpaired) electrons. The van der Waals surface area contributed by atoms with Crippen molar-refractivity contribution in [1.82, 2.24) is 4.90 Å².